The highest BCUT2D eigenvalue weighted by Gasteiger charge is 2.48. The van der Waals surface area contributed by atoms with Crippen LogP contribution in [0.4, 0.5) is 0 Å². The average Bonchev–Trinajstić information content (AvgIpc) is 2.92. The van der Waals surface area contributed by atoms with Gasteiger partial charge in [-0.05, 0) is 12.1 Å². The number of phenolic OH excluding ortho intramolecular Hbond substituents is 1. The lowest BCUT2D eigenvalue weighted by Crippen LogP contribution is -2.61. The smallest absolute Gasteiger partial charge is 0.344 e. The van der Waals surface area contributed by atoms with Crippen LogP contribution in [0.25, 0.3) is 32.7 Å². The van der Waals surface area contributed by atoms with E-state index in [4.69, 9.17) is 37.3 Å². The fourth-order valence-corrected chi connectivity index (χ4v) is 4.78. The normalized spacial score (nSPS) is 22.6. The van der Waals surface area contributed by atoms with Crippen molar-refractivity contribution >= 4 is 44.6 Å². The number of ether oxygens (including phenoxy) is 6. The number of carbonyl (C=O) groups excluding carboxylic acids is 2. The van der Waals surface area contributed by atoms with E-state index in [-0.39, 0.29) is 50.0 Å². The Morgan fingerprint density at radius 3 is 2.07 bits per heavy atom. The van der Waals surface area contributed by atoms with E-state index < -0.39 is 66.3 Å². The van der Waals surface area contributed by atoms with Crippen molar-refractivity contribution < 1.29 is 62.2 Å². The Morgan fingerprint density at radius 1 is 0.878 bits per heavy atom. The largest absolute Gasteiger partial charge is 0.502 e. The predicted molar refractivity (Wildman–Crippen MR) is 135 cm³/mol. The molecule has 15 nitrogen and oxygen atoms in total. The zero-order chi connectivity index (χ0) is 29.7. The zero-order valence-corrected chi connectivity index (χ0v) is 22.0. The number of aliphatic hydroxyl groups is 2. The van der Waals surface area contributed by atoms with Crippen LogP contribution >= 0.6 is 0 Å². The standard InChI is InChI=1S/C26H24O15/c1-8(27)36-7-14-18(30)23(37-9(2)28)19(31)26(39-14)38-13-6-11-16-15-10(25(33)41-22(16)20(13)35-4)5-12(34-3)17(29)21(15)40-24(11)32/h5-6,14,18-19,23,26,29-31H,7H2,1-4H3. The number of methoxy groups -OCH3 is 2. The summed E-state index contributed by atoms with van der Waals surface area (Å²) >= 11 is 0. The molecule has 1 aliphatic heterocycles. The molecule has 3 heterocycles. The van der Waals surface area contributed by atoms with Gasteiger partial charge in [0.05, 0.1) is 25.0 Å². The summed E-state index contributed by atoms with van der Waals surface area (Å²) in [7, 11) is 2.47. The van der Waals surface area contributed by atoms with Gasteiger partial charge in [0.1, 0.15) is 18.8 Å². The Balaban J connectivity index is 1.67. The van der Waals surface area contributed by atoms with Crippen molar-refractivity contribution in [3.8, 4) is 23.0 Å². The van der Waals surface area contributed by atoms with Crippen molar-refractivity contribution in [2.45, 2.75) is 44.6 Å². The summed E-state index contributed by atoms with van der Waals surface area (Å²) in [6.07, 6.45) is -7.96. The molecule has 0 bridgehead atoms. The molecule has 5 rings (SSSR count). The summed E-state index contributed by atoms with van der Waals surface area (Å²) in [6.45, 7) is 1.71. The van der Waals surface area contributed by atoms with Crippen LogP contribution in [0.3, 0.4) is 0 Å². The molecule has 1 aliphatic rings. The van der Waals surface area contributed by atoms with E-state index in [1.165, 1.54) is 26.4 Å². The Kier molecular flexibility index (Phi) is 7.10. The van der Waals surface area contributed by atoms with Crippen LogP contribution in [0.5, 0.6) is 23.0 Å². The number of benzene rings is 2. The van der Waals surface area contributed by atoms with E-state index in [0.717, 1.165) is 13.8 Å². The van der Waals surface area contributed by atoms with Gasteiger partial charge in [0, 0.05) is 24.6 Å². The van der Waals surface area contributed by atoms with Crippen LogP contribution in [0.2, 0.25) is 0 Å². The number of rotatable bonds is 7. The van der Waals surface area contributed by atoms with Gasteiger partial charge >= 0.3 is 23.2 Å². The van der Waals surface area contributed by atoms with Gasteiger partial charge in [0.15, 0.2) is 34.9 Å². The Labute approximate surface area is 228 Å². The minimum absolute atomic E-state index is 0.0517. The first kappa shape index (κ1) is 27.9. The molecule has 41 heavy (non-hydrogen) atoms. The lowest BCUT2D eigenvalue weighted by molar-refractivity contribution is -0.282. The van der Waals surface area contributed by atoms with Gasteiger partial charge in [-0.15, -0.1) is 0 Å². The molecule has 0 spiro atoms. The molecular weight excluding hydrogens is 552 g/mol. The Bertz CT molecular complexity index is 1770. The molecule has 0 saturated carbocycles. The Morgan fingerprint density at radius 2 is 1.49 bits per heavy atom. The molecule has 15 heteroatoms. The van der Waals surface area contributed by atoms with Crippen LogP contribution in [-0.4, -0.2) is 78.8 Å². The molecule has 5 atom stereocenters. The van der Waals surface area contributed by atoms with Gasteiger partial charge in [0.2, 0.25) is 17.8 Å². The number of esters is 2. The number of carbonyl (C=O) groups is 2. The van der Waals surface area contributed by atoms with E-state index >= 15 is 0 Å². The van der Waals surface area contributed by atoms with Crippen molar-refractivity contribution in [3.63, 3.8) is 0 Å². The second-order valence-corrected chi connectivity index (χ2v) is 9.14. The maximum Gasteiger partial charge on any atom is 0.344 e. The van der Waals surface area contributed by atoms with E-state index in [1.807, 2.05) is 0 Å². The molecule has 5 unspecified atom stereocenters. The maximum absolute atomic E-state index is 13.1. The monoisotopic (exact) mass is 576 g/mol. The Hall–Kier alpha value is -4.60. The number of phenols is 1. The topological polar surface area (TPSA) is 211 Å². The fourth-order valence-electron chi connectivity index (χ4n) is 4.78. The number of aromatic hydroxyl groups is 1. The lowest BCUT2D eigenvalue weighted by atomic mass is 9.98. The predicted octanol–water partition coefficient (Wildman–Crippen LogP) is 0.534. The first-order chi connectivity index (χ1) is 19.5. The highest BCUT2D eigenvalue weighted by Crippen LogP contribution is 2.46. The van der Waals surface area contributed by atoms with Gasteiger partial charge in [0.25, 0.3) is 0 Å². The molecule has 218 valence electrons. The highest BCUT2D eigenvalue weighted by molar-refractivity contribution is 6.22. The molecule has 2 aromatic carbocycles. The molecule has 0 aliphatic carbocycles. The minimum Gasteiger partial charge on any atom is -0.502 e. The van der Waals surface area contributed by atoms with Gasteiger partial charge in [-0.2, -0.15) is 0 Å². The SMILES string of the molecule is COc1cc2c(=O)oc3c(OC)c(OC4OC(COC(C)=O)C(O)C(OC(C)=O)C4O)cc4c(=O)oc(c1O)c2c34. The average molecular weight is 576 g/mol. The lowest BCUT2D eigenvalue weighted by Gasteiger charge is -2.41. The molecule has 4 aromatic rings. The first-order valence-electron chi connectivity index (χ1n) is 12.1. The summed E-state index contributed by atoms with van der Waals surface area (Å²) in [6, 6.07) is 2.41. The van der Waals surface area contributed by atoms with Gasteiger partial charge < -0.3 is 52.6 Å². The third-order valence-corrected chi connectivity index (χ3v) is 6.56. The van der Waals surface area contributed by atoms with Crippen molar-refractivity contribution in [1.82, 2.24) is 0 Å². The zero-order valence-electron chi connectivity index (χ0n) is 22.0. The summed E-state index contributed by atoms with van der Waals surface area (Å²) in [5.41, 5.74) is -2.42. The van der Waals surface area contributed by atoms with E-state index in [2.05, 4.69) is 0 Å². The van der Waals surface area contributed by atoms with Gasteiger partial charge in [-0.1, -0.05) is 0 Å². The molecule has 2 aromatic heterocycles. The summed E-state index contributed by atoms with van der Waals surface area (Å²) in [5.74, 6) is -2.64. The molecule has 0 radical (unpaired) electrons. The van der Waals surface area contributed by atoms with Crippen LogP contribution in [0, 0.1) is 0 Å². The molecule has 3 N–H and O–H groups in total. The summed E-state index contributed by atoms with van der Waals surface area (Å²) in [4.78, 5) is 49.1. The van der Waals surface area contributed by atoms with E-state index in [0.29, 0.717) is 0 Å². The van der Waals surface area contributed by atoms with E-state index in [9.17, 15) is 34.5 Å². The van der Waals surface area contributed by atoms with Crippen molar-refractivity contribution in [2.75, 3.05) is 20.8 Å². The third-order valence-electron chi connectivity index (χ3n) is 6.56. The fraction of sp³-hybridized carbons (Fsp3) is 0.385. The van der Waals surface area contributed by atoms with E-state index in [1.54, 1.807) is 0 Å². The molecular formula is C26H24O15. The molecule has 1 fully saturated rings. The summed E-state index contributed by atoms with van der Waals surface area (Å²) in [5, 5.41) is 32.0. The van der Waals surface area contributed by atoms with Crippen LogP contribution in [-0.2, 0) is 23.8 Å². The number of hydrogen-bond donors (Lipinski definition) is 3. The van der Waals surface area contributed by atoms with Gasteiger partial charge in [-0.25, -0.2) is 9.59 Å². The quantitative estimate of drug-likeness (QED) is 0.156. The molecule has 0 amide bonds. The first-order valence-corrected chi connectivity index (χ1v) is 12.1. The number of hydrogen-bond acceptors (Lipinski definition) is 15. The summed E-state index contributed by atoms with van der Waals surface area (Å²) < 4.78 is 42.8. The third kappa shape index (κ3) is 4.63. The van der Waals surface area contributed by atoms with Crippen LogP contribution in [0.1, 0.15) is 13.8 Å². The number of aliphatic hydroxyl groups excluding tert-OH is 2. The minimum atomic E-state index is -1.79. The second kappa shape index (κ2) is 10.4. The van der Waals surface area contributed by atoms with Crippen LogP contribution < -0.4 is 25.5 Å². The maximum atomic E-state index is 13.1. The second-order valence-electron chi connectivity index (χ2n) is 9.14. The van der Waals surface area contributed by atoms with Crippen molar-refractivity contribution in [1.29, 1.82) is 0 Å². The molecule has 1 saturated heterocycles. The highest BCUT2D eigenvalue weighted by atomic mass is 16.7. The van der Waals surface area contributed by atoms with Gasteiger partial charge in [-0.3, -0.25) is 9.59 Å². The van der Waals surface area contributed by atoms with Crippen molar-refractivity contribution in [2.24, 2.45) is 0 Å². The van der Waals surface area contributed by atoms with Crippen molar-refractivity contribution in [3.05, 3.63) is 33.0 Å². The van der Waals surface area contributed by atoms with Crippen LogP contribution in [0.15, 0.2) is 30.6 Å².